The molecule has 0 amide bonds. The first-order chi connectivity index (χ1) is 5.06. The third-order valence-electron chi connectivity index (χ3n) is 1.48. The molecule has 0 bridgehead atoms. The van der Waals surface area contributed by atoms with Gasteiger partial charge in [0.15, 0.2) is 0 Å². The van der Waals surface area contributed by atoms with Gasteiger partial charge in [0.25, 0.3) is 0 Å². The van der Waals surface area contributed by atoms with Gasteiger partial charge in [-0.1, -0.05) is 13.8 Å². The predicted molar refractivity (Wildman–Crippen MR) is 47.1 cm³/mol. The Morgan fingerprint density at radius 3 is 2.18 bits per heavy atom. The van der Waals surface area contributed by atoms with Gasteiger partial charge in [0.05, 0.1) is 12.0 Å². The highest BCUT2D eigenvalue weighted by Crippen LogP contribution is 1.99. The molecule has 0 fully saturated rings. The lowest BCUT2D eigenvalue weighted by atomic mass is 10.1. The molecule has 64 valence electrons. The van der Waals surface area contributed by atoms with Crippen LogP contribution in [0.4, 0.5) is 0 Å². The number of rotatable bonds is 4. The van der Waals surface area contributed by atoms with Crippen molar-refractivity contribution < 1.29 is 0 Å². The molecule has 0 aromatic carbocycles. The molecule has 1 atom stereocenters. The summed E-state index contributed by atoms with van der Waals surface area (Å²) in [5.74, 6) is 0.838. The maximum atomic E-state index is 8.54. The largest absolute Gasteiger partial charge is 0.305 e. The van der Waals surface area contributed by atoms with Crippen LogP contribution in [0.15, 0.2) is 0 Å². The Bertz CT molecular complexity index is 135. The van der Waals surface area contributed by atoms with Crippen LogP contribution in [0.1, 0.15) is 20.8 Å². The molecule has 0 spiro atoms. The highest BCUT2D eigenvalue weighted by Gasteiger charge is 2.05. The van der Waals surface area contributed by atoms with Gasteiger partial charge in [0.2, 0.25) is 0 Å². The first kappa shape index (κ1) is 10.4. The summed E-state index contributed by atoms with van der Waals surface area (Å²) in [4.78, 5) is 2.21. The van der Waals surface area contributed by atoms with Crippen LogP contribution in [0, 0.1) is 23.2 Å². The Balaban J connectivity index is 3.53. The molecular formula is C9H18N2. The number of nitriles is 1. The van der Waals surface area contributed by atoms with Gasteiger partial charge in [-0.3, -0.25) is 0 Å². The van der Waals surface area contributed by atoms with Crippen molar-refractivity contribution in [1.29, 1.82) is 5.26 Å². The zero-order valence-corrected chi connectivity index (χ0v) is 7.96. The first-order valence-electron chi connectivity index (χ1n) is 4.14. The van der Waals surface area contributed by atoms with Crippen LogP contribution in [0.2, 0.25) is 0 Å². The molecule has 0 rings (SSSR count). The highest BCUT2D eigenvalue weighted by molar-refractivity contribution is 4.80. The highest BCUT2D eigenvalue weighted by atomic mass is 15.1. The molecule has 11 heavy (non-hydrogen) atoms. The van der Waals surface area contributed by atoms with E-state index in [0.29, 0.717) is 5.92 Å². The number of nitrogens with zero attached hydrogens (tertiary/aromatic N) is 2. The molecule has 0 heterocycles. The van der Waals surface area contributed by atoms with Crippen LogP contribution in [0.5, 0.6) is 0 Å². The van der Waals surface area contributed by atoms with E-state index in [-0.39, 0.29) is 5.92 Å². The van der Waals surface area contributed by atoms with Gasteiger partial charge < -0.3 is 4.90 Å². The summed E-state index contributed by atoms with van der Waals surface area (Å²) in [5, 5.41) is 8.54. The second kappa shape index (κ2) is 5.15. The van der Waals surface area contributed by atoms with Crippen LogP contribution < -0.4 is 0 Å². The van der Waals surface area contributed by atoms with E-state index >= 15 is 0 Å². The van der Waals surface area contributed by atoms with Crippen molar-refractivity contribution in [3.63, 3.8) is 0 Å². The summed E-state index contributed by atoms with van der Waals surface area (Å²) in [7, 11) is 2.06. The maximum Gasteiger partial charge on any atom is 0.0666 e. The molecule has 1 unspecified atom stereocenters. The zero-order valence-electron chi connectivity index (χ0n) is 7.96. The molecule has 2 heteroatoms. The van der Waals surface area contributed by atoms with E-state index in [0.717, 1.165) is 13.1 Å². The minimum atomic E-state index is 0.152. The summed E-state index contributed by atoms with van der Waals surface area (Å²) in [6.07, 6.45) is 0. The van der Waals surface area contributed by atoms with Gasteiger partial charge in [-0.25, -0.2) is 0 Å². The van der Waals surface area contributed by atoms with Gasteiger partial charge >= 0.3 is 0 Å². The summed E-state index contributed by atoms with van der Waals surface area (Å²) < 4.78 is 0. The monoisotopic (exact) mass is 154 g/mol. The van der Waals surface area contributed by atoms with Gasteiger partial charge in [0.1, 0.15) is 0 Å². The summed E-state index contributed by atoms with van der Waals surface area (Å²) >= 11 is 0. The fourth-order valence-corrected chi connectivity index (χ4v) is 1.21. The van der Waals surface area contributed by atoms with E-state index in [1.807, 2.05) is 6.92 Å². The third-order valence-corrected chi connectivity index (χ3v) is 1.48. The lowest BCUT2D eigenvalue weighted by molar-refractivity contribution is 0.277. The third kappa shape index (κ3) is 5.87. The van der Waals surface area contributed by atoms with Crippen LogP contribution in [-0.2, 0) is 0 Å². The standard InChI is InChI=1S/C9H18N2/c1-8(2)6-11(4)7-9(3)5-10/h8-9H,6-7H2,1-4H3. The minimum absolute atomic E-state index is 0.152. The fourth-order valence-electron chi connectivity index (χ4n) is 1.21. The molecule has 0 radical (unpaired) electrons. The SMILES string of the molecule is CC(C)CN(C)CC(C)C#N. The van der Waals surface area contributed by atoms with Crippen molar-refractivity contribution in [2.45, 2.75) is 20.8 Å². The van der Waals surface area contributed by atoms with Gasteiger partial charge in [0, 0.05) is 13.1 Å². The van der Waals surface area contributed by atoms with Crippen molar-refractivity contribution in [3.05, 3.63) is 0 Å². The van der Waals surface area contributed by atoms with Crippen molar-refractivity contribution in [2.24, 2.45) is 11.8 Å². The first-order valence-corrected chi connectivity index (χ1v) is 4.14. The van der Waals surface area contributed by atoms with E-state index in [4.69, 9.17) is 5.26 Å². The Kier molecular flexibility index (Phi) is 4.89. The van der Waals surface area contributed by atoms with Crippen molar-refractivity contribution in [2.75, 3.05) is 20.1 Å². The maximum absolute atomic E-state index is 8.54. The summed E-state index contributed by atoms with van der Waals surface area (Å²) in [6.45, 7) is 8.29. The van der Waals surface area contributed by atoms with Crippen LogP contribution in [0.25, 0.3) is 0 Å². The minimum Gasteiger partial charge on any atom is -0.305 e. The smallest absolute Gasteiger partial charge is 0.0666 e. The molecule has 0 aromatic rings. The van der Waals surface area contributed by atoms with E-state index in [9.17, 15) is 0 Å². The van der Waals surface area contributed by atoms with Crippen molar-refractivity contribution in [3.8, 4) is 6.07 Å². The average molecular weight is 154 g/mol. The van der Waals surface area contributed by atoms with E-state index in [1.54, 1.807) is 0 Å². The lowest BCUT2D eigenvalue weighted by Gasteiger charge is -2.19. The molecule has 2 nitrogen and oxygen atoms in total. The van der Waals surface area contributed by atoms with Crippen LogP contribution >= 0.6 is 0 Å². The Labute approximate surface area is 69.8 Å². The Morgan fingerprint density at radius 1 is 1.27 bits per heavy atom. The van der Waals surface area contributed by atoms with Gasteiger partial charge in [-0.2, -0.15) is 5.26 Å². The van der Waals surface area contributed by atoms with Crippen molar-refractivity contribution >= 4 is 0 Å². The topological polar surface area (TPSA) is 27.0 Å². The van der Waals surface area contributed by atoms with Crippen molar-refractivity contribution in [1.82, 2.24) is 4.90 Å². The van der Waals surface area contributed by atoms with Crippen LogP contribution in [0.3, 0.4) is 0 Å². The quantitative estimate of drug-likeness (QED) is 0.616. The molecular weight excluding hydrogens is 136 g/mol. The molecule has 0 N–H and O–H groups in total. The molecule has 0 aliphatic carbocycles. The van der Waals surface area contributed by atoms with Crippen LogP contribution in [-0.4, -0.2) is 25.0 Å². The molecule has 0 aliphatic heterocycles. The molecule has 0 saturated heterocycles. The Hall–Kier alpha value is -0.550. The van der Waals surface area contributed by atoms with E-state index < -0.39 is 0 Å². The number of hydrogen-bond acceptors (Lipinski definition) is 2. The second-order valence-corrected chi connectivity index (χ2v) is 3.65. The lowest BCUT2D eigenvalue weighted by Crippen LogP contribution is -2.27. The molecule has 0 aromatic heterocycles. The number of hydrogen-bond donors (Lipinski definition) is 0. The summed E-state index contributed by atoms with van der Waals surface area (Å²) in [5.41, 5.74) is 0. The predicted octanol–water partition coefficient (Wildman–Crippen LogP) is 1.73. The van der Waals surface area contributed by atoms with Gasteiger partial charge in [-0.05, 0) is 19.9 Å². The van der Waals surface area contributed by atoms with Gasteiger partial charge in [-0.15, -0.1) is 0 Å². The summed E-state index contributed by atoms with van der Waals surface area (Å²) in [6, 6.07) is 2.23. The Morgan fingerprint density at radius 2 is 1.82 bits per heavy atom. The second-order valence-electron chi connectivity index (χ2n) is 3.65. The van der Waals surface area contributed by atoms with E-state index in [1.165, 1.54) is 0 Å². The normalized spacial score (nSPS) is 13.5. The molecule has 0 aliphatic rings. The fraction of sp³-hybridized carbons (Fsp3) is 0.889. The molecule has 0 saturated carbocycles. The van der Waals surface area contributed by atoms with E-state index in [2.05, 4.69) is 31.9 Å². The zero-order chi connectivity index (χ0) is 8.85. The average Bonchev–Trinajstić information content (AvgIpc) is 1.85.